The highest BCUT2D eigenvalue weighted by atomic mass is 35.5. The number of aromatic nitrogens is 2. The maximum Gasteiger partial charge on any atom is 0.255 e. The second-order valence-electron chi connectivity index (χ2n) is 5.81. The van der Waals surface area contributed by atoms with Crippen molar-refractivity contribution >= 4 is 17.5 Å². The van der Waals surface area contributed by atoms with E-state index in [0.29, 0.717) is 22.4 Å². The average molecular weight is 334 g/mol. The predicted octanol–water partition coefficient (Wildman–Crippen LogP) is 3.46. The van der Waals surface area contributed by atoms with Gasteiger partial charge < -0.3 is 10.1 Å². The highest BCUT2D eigenvalue weighted by molar-refractivity contribution is 6.31. The molecule has 1 aliphatic carbocycles. The van der Waals surface area contributed by atoms with E-state index in [1.54, 1.807) is 31.5 Å². The number of methoxy groups -OCH3 is 1. The normalized spacial score (nSPS) is 21.0. The van der Waals surface area contributed by atoms with Crippen molar-refractivity contribution in [3.8, 4) is 5.75 Å². The second kappa shape index (κ2) is 7.04. The highest BCUT2D eigenvalue weighted by Crippen LogP contribution is 2.29. The Morgan fingerprint density at radius 2 is 2.13 bits per heavy atom. The van der Waals surface area contributed by atoms with Crippen molar-refractivity contribution in [2.24, 2.45) is 0 Å². The number of amides is 1. The minimum Gasteiger partial charge on any atom is -0.496 e. The maximum atomic E-state index is 12.5. The van der Waals surface area contributed by atoms with Crippen LogP contribution in [0, 0.1) is 0 Å². The first-order valence-corrected chi connectivity index (χ1v) is 8.18. The van der Waals surface area contributed by atoms with Gasteiger partial charge >= 0.3 is 0 Å². The molecular weight excluding hydrogens is 314 g/mol. The third kappa shape index (κ3) is 3.67. The fourth-order valence-electron chi connectivity index (χ4n) is 3.10. The summed E-state index contributed by atoms with van der Waals surface area (Å²) in [4.78, 5) is 12.5. The van der Waals surface area contributed by atoms with E-state index in [1.165, 1.54) is 0 Å². The summed E-state index contributed by atoms with van der Waals surface area (Å²) in [7, 11) is 1.55. The topological polar surface area (TPSA) is 56.1 Å². The van der Waals surface area contributed by atoms with E-state index < -0.39 is 0 Å². The van der Waals surface area contributed by atoms with Crippen LogP contribution in [-0.2, 0) is 0 Å². The van der Waals surface area contributed by atoms with Gasteiger partial charge in [0.25, 0.3) is 5.91 Å². The van der Waals surface area contributed by atoms with Crippen molar-refractivity contribution in [3.05, 3.63) is 47.2 Å². The molecule has 5 nitrogen and oxygen atoms in total. The summed E-state index contributed by atoms with van der Waals surface area (Å²) in [6.07, 6.45) is 7.72. The molecule has 0 radical (unpaired) electrons. The smallest absolute Gasteiger partial charge is 0.255 e. The van der Waals surface area contributed by atoms with E-state index in [1.807, 2.05) is 16.9 Å². The molecule has 0 spiro atoms. The summed E-state index contributed by atoms with van der Waals surface area (Å²) in [5.41, 5.74) is 0.481. The van der Waals surface area contributed by atoms with Crippen LogP contribution in [0.1, 0.15) is 42.1 Å². The van der Waals surface area contributed by atoms with Crippen LogP contribution in [0.15, 0.2) is 36.7 Å². The van der Waals surface area contributed by atoms with Crippen molar-refractivity contribution in [2.45, 2.75) is 37.8 Å². The molecule has 0 unspecified atom stereocenters. The van der Waals surface area contributed by atoms with E-state index in [4.69, 9.17) is 16.3 Å². The monoisotopic (exact) mass is 333 g/mol. The highest BCUT2D eigenvalue weighted by Gasteiger charge is 2.24. The van der Waals surface area contributed by atoms with E-state index in [9.17, 15) is 4.79 Å². The minimum absolute atomic E-state index is 0.133. The summed E-state index contributed by atoms with van der Waals surface area (Å²) < 4.78 is 7.26. The Hall–Kier alpha value is -2.01. The van der Waals surface area contributed by atoms with Crippen molar-refractivity contribution < 1.29 is 9.53 Å². The molecule has 23 heavy (non-hydrogen) atoms. The summed E-state index contributed by atoms with van der Waals surface area (Å²) in [5.74, 6) is 0.406. The van der Waals surface area contributed by atoms with Gasteiger partial charge in [0.2, 0.25) is 0 Å². The second-order valence-corrected chi connectivity index (χ2v) is 6.25. The molecule has 122 valence electrons. The molecule has 1 amide bonds. The van der Waals surface area contributed by atoms with E-state index >= 15 is 0 Å². The molecule has 0 saturated heterocycles. The van der Waals surface area contributed by atoms with Gasteiger partial charge in [-0.2, -0.15) is 5.10 Å². The lowest BCUT2D eigenvalue weighted by molar-refractivity contribution is 0.0918. The lowest BCUT2D eigenvalue weighted by Gasteiger charge is -2.29. The molecular formula is C17H20ClN3O2. The van der Waals surface area contributed by atoms with Gasteiger partial charge in [-0.1, -0.05) is 11.6 Å². The van der Waals surface area contributed by atoms with Gasteiger partial charge in [-0.05, 0) is 49.9 Å². The number of ether oxygens (including phenoxy) is 1. The van der Waals surface area contributed by atoms with Crippen LogP contribution in [0.3, 0.4) is 0 Å². The summed E-state index contributed by atoms with van der Waals surface area (Å²) >= 11 is 5.99. The molecule has 1 fully saturated rings. The number of benzene rings is 1. The number of halogens is 1. The van der Waals surface area contributed by atoms with Gasteiger partial charge in [0.15, 0.2) is 0 Å². The van der Waals surface area contributed by atoms with Crippen LogP contribution in [0.4, 0.5) is 0 Å². The van der Waals surface area contributed by atoms with Gasteiger partial charge in [0.1, 0.15) is 5.75 Å². The van der Waals surface area contributed by atoms with Crippen molar-refractivity contribution in [2.75, 3.05) is 7.11 Å². The molecule has 0 atom stereocenters. The summed E-state index contributed by atoms with van der Waals surface area (Å²) in [6, 6.07) is 7.62. The third-order valence-electron chi connectivity index (χ3n) is 4.34. The van der Waals surface area contributed by atoms with E-state index in [0.717, 1.165) is 25.7 Å². The number of nitrogens with one attached hydrogen (secondary N) is 1. The van der Waals surface area contributed by atoms with Crippen LogP contribution < -0.4 is 10.1 Å². The Labute approximate surface area is 140 Å². The number of carbonyl (C=O) groups excluding carboxylic acids is 1. The Bertz CT molecular complexity index is 664. The first-order chi connectivity index (χ1) is 11.2. The zero-order valence-corrected chi connectivity index (χ0v) is 13.8. The Morgan fingerprint density at radius 1 is 1.35 bits per heavy atom. The van der Waals surface area contributed by atoms with Crippen LogP contribution in [0.2, 0.25) is 5.02 Å². The molecule has 1 saturated carbocycles. The largest absolute Gasteiger partial charge is 0.496 e. The third-order valence-corrected chi connectivity index (χ3v) is 4.57. The molecule has 1 N–H and O–H groups in total. The predicted molar refractivity (Wildman–Crippen MR) is 89.0 cm³/mol. The number of carbonyl (C=O) groups is 1. The number of hydrogen-bond donors (Lipinski definition) is 1. The molecule has 6 heteroatoms. The molecule has 1 heterocycles. The quantitative estimate of drug-likeness (QED) is 0.932. The molecule has 1 aliphatic rings. The van der Waals surface area contributed by atoms with Crippen molar-refractivity contribution in [1.82, 2.24) is 15.1 Å². The van der Waals surface area contributed by atoms with Crippen molar-refractivity contribution in [3.63, 3.8) is 0 Å². The Balaban J connectivity index is 1.60. The van der Waals surface area contributed by atoms with Crippen LogP contribution in [0.5, 0.6) is 5.75 Å². The van der Waals surface area contributed by atoms with Gasteiger partial charge in [-0.15, -0.1) is 0 Å². The molecule has 0 aliphatic heterocycles. The first kappa shape index (κ1) is 15.9. The van der Waals surface area contributed by atoms with E-state index in [-0.39, 0.29) is 11.9 Å². The minimum atomic E-state index is -0.133. The van der Waals surface area contributed by atoms with Gasteiger partial charge in [0.05, 0.1) is 18.7 Å². The van der Waals surface area contributed by atoms with Gasteiger partial charge in [0, 0.05) is 23.5 Å². The fraction of sp³-hybridized carbons (Fsp3) is 0.412. The number of hydrogen-bond acceptors (Lipinski definition) is 3. The van der Waals surface area contributed by atoms with E-state index in [2.05, 4.69) is 10.4 Å². The standard InChI is InChI=1S/C17H20ClN3O2/c1-23-16-8-3-12(18)11-15(16)17(22)20-13-4-6-14(7-5-13)21-10-2-9-19-21/h2-3,8-11,13-14H,4-7H2,1H3,(H,20,22). The molecule has 1 aromatic carbocycles. The Kier molecular flexibility index (Phi) is 4.86. The molecule has 2 aromatic rings. The summed E-state index contributed by atoms with van der Waals surface area (Å²) in [5, 5.41) is 7.93. The van der Waals surface area contributed by atoms with Crippen LogP contribution in [0.25, 0.3) is 0 Å². The first-order valence-electron chi connectivity index (χ1n) is 7.81. The molecule has 0 bridgehead atoms. The number of rotatable bonds is 4. The zero-order chi connectivity index (χ0) is 16.2. The number of nitrogens with zero attached hydrogens (tertiary/aromatic N) is 2. The lowest BCUT2D eigenvalue weighted by atomic mass is 9.91. The summed E-state index contributed by atoms with van der Waals surface area (Å²) in [6.45, 7) is 0. The molecule has 1 aromatic heterocycles. The fourth-order valence-corrected chi connectivity index (χ4v) is 3.27. The van der Waals surface area contributed by atoms with Gasteiger partial charge in [-0.3, -0.25) is 9.48 Å². The Morgan fingerprint density at radius 3 is 2.78 bits per heavy atom. The molecule has 3 rings (SSSR count). The lowest BCUT2D eigenvalue weighted by Crippen LogP contribution is -2.38. The van der Waals surface area contributed by atoms with Crippen LogP contribution >= 0.6 is 11.6 Å². The van der Waals surface area contributed by atoms with Gasteiger partial charge in [-0.25, -0.2) is 0 Å². The maximum absolute atomic E-state index is 12.5. The van der Waals surface area contributed by atoms with Crippen molar-refractivity contribution in [1.29, 1.82) is 0 Å². The van der Waals surface area contributed by atoms with Crippen LogP contribution in [-0.4, -0.2) is 28.8 Å². The average Bonchev–Trinajstić information content (AvgIpc) is 3.10. The SMILES string of the molecule is COc1ccc(Cl)cc1C(=O)NC1CCC(n2cccn2)CC1. The zero-order valence-electron chi connectivity index (χ0n) is 13.0.